The van der Waals surface area contributed by atoms with Crippen molar-refractivity contribution in [3.8, 4) is 0 Å². The zero-order valence-corrected chi connectivity index (χ0v) is 14.4. The number of aromatic nitrogens is 1. The molecule has 1 unspecified atom stereocenters. The van der Waals surface area contributed by atoms with E-state index in [0.29, 0.717) is 25.4 Å². The predicted molar refractivity (Wildman–Crippen MR) is 94.0 cm³/mol. The number of nitrogens with zero attached hydrogens (tertiary/aromatic N) is 1. The van der Waals surface area contributed by atoms with Crippen LogP contribution in [-0.2, 0) is 4.79 Å². The molecule has 2 heterocycles. The highest BCUT2D eigenvalue weighted by atomic mass is 16.2. The summed E-state index contributed by atoms with van der Waals surface area (Å²) in [5.74, 6) is -0.441. The summed E-state index contributed by atoms with van der Waals surface area (Å²) in [4.78, 5) is 39.5. The molecule has 0 bridgehead atoms. The van der Waals surface area contributed by atoms with Crippen LogP contribution in [0.15, 0.2) is 24.3 Å². The third kappa shape index (κ3) is 6.07. The molecular weight excluding hydrogens is 322 g/mol. The molecule has 1 aromatic heterocycles. The molecule has 1 fully saturated rings. The minimum Gasteiger partial charge on any atom is -0.364 e. The van der Waals surface area contributed by atoms with Crippen molar-refractivity contribution in [2.24, 2.45) is 11.7 Å². The summed E-state index contributed by atoms with van der Waals surface area (Å²) < 4.78 is 0. The number of carbonyl (C=O) groups is 3. The van der Waals surface area contributed by atoms with Crippen molar-refractivity contribution >= 4 is 17.7 Å². The van der Waals surface area contributed by atoms with Gasteiger partial charge in [-0.25, -0.2) is 0 Å². The fourth-order valence-corrected chi connectivity index (χ4v) is 2.78. The number of hydrogen-bond acceptors (Lipinski definition) is 4. The lowest BCUT2D eigenvalue weighted by atomic mass is 10.0. The van der Waals surface area contributed by atoms with Gasteiger partial charge in [-0.1, -0.05) is 12.2 Å². The minimum atomic E-state index is -0.612. The molecule has 25 heavy (non-hydrogen) atoms. The van der Waals surface area contributed by atoms with Gasteiger partial charge in [-0.3, -0.25) is 14.4 Å². The molecule has 8 nitrogen and oxygen atoms in total. The first-order chi connectivity index (χ1) is 12.0. The third-order valence-corrected chi connectivity index (χ3v) is 4.12. The van der Waals surface area contributed by atoms with Crippen molar-refractivity contribution in [1.82, 2.24) is 20.5 Å². The van der Waals surface area contributed by atoms with Gasteiger partial charge in [-0.15, -0.1) is 0 Å². The number of primary amides is 1. The SMILES string of the molecule is CN1CCC(CC(=O)NC/C=C/CNC(=O)c2ccc(C(N)=O)[nH]2)C1. The molecule has 3 amide bonds. The van der Waals surface area contributed by atoms with E-state index < -0.39 is 5.91 Å². The second kappa shape index (κ2) is 9.03. The Labute approximate surface area is 146 Å². The van der Waals surface area contributed by atoms with Crippen LogP contribution in [0.1, 0.15) is 33.8 Å². The van der Waals surface area contributed by atoms with Gasteiger partial charge in [-0.05, 0) is 38.1 Å². The molecular formula is C17H25N5O3. The molecule has 1 aliphatic rings. The maximum atomic E-state index is 11.8. The van der Waals surface area contributed by atoms with Crippen LogP contribution >= 0.6 is 0 Å². The van der Waals surface area contributed by atoms with Gasteiger partial charge < -0.3 is 26.3 Å². The maximum absolute atomic E-state index is 11.8. The second-order valence-electron chi connectivity index (χ2n) is 6.26. The first-order valence-corrected chi connectivity index (χ1v) is 8.33. The van der Waals surface area contributed by atoms with Crippen molar-refractivity contribution < 1.29 is 14.4 Å². The maximum Gasteiger partial charge on any atom is 0.267 e. The molecule has 136 valence electrons. The van der Waals surface area contributed by atoms with Gasteiger partial charge in [0.15, 0.2) is 0 Å². The van der Waals surface area contributed by atoms with Gasteiger partial charge in [0.25, 0.3) is 11.8 Å². The first kappa shape index (κ1) is 18.7. The number of nitrogens with one attached hydrogen (secondary N) is 3. The lowest BCUT2D eigenvalue weighted by Crippen LogP contribution is -2.27. The Balaban J connectivity index is 1.60. The summed E-state index contributed by atoms with van der Waals surface area (Å²) in [6, 6.07) is 2.96. The standard InChI is InChI=1S/C17H25N5O3/c1-22-9-6-12(11-22)10-15(23)19-7-2-3-8-20-17(25)14-5-4-13(21-14)16(18)24/h2-5,12,21H,6-11H2,1H3,(H2,18,24)(H,19,23)(H,20,25)/b3-2+. The van der Waals surface area contributed by atoms with Crippen LogP contribution in [0.4, 0.5) is 0 Å². The minimum absolute atomic E-state index is 0.0550. The third-order valence-electron chi connectivity index (χ3n) is 4.12. The summed E-state index contributed by atoms with van der Waals surface area (Å²) in [5, 5.41) is 5.52. The molecule has 0 saturated carbocycles. The normalized spacial score (nSPS) is 17.7. The van der Waals surface area contributed by atoms with Crippen molar-refractivity contribution in [1.29, 1.82) is 0 Å². The zero-order valence-electron chi connectivity index (χ0n) is 14.4. The average molecular weight is 347 g/mol. The monoisotopic (exact) mass is 347 g/mol. The van der Waals surface area contributed by atoms with Crippen LogP contribution in [0.5, 0.6) is 0 Å². The lowest BCUT2D eigenvalue weighted by molar-refractivity contribution is -0.121. The molecule has 1 saturated heterocycles. The number of nitrogens with two attached hydrogens (primary N) is 1. The predicted octanol–water partition coefficient (Wildman–Crippen LogP) is -0.142. The second-order valence-corrected chi connectivity index (χ2v) is 6.26. The van der Waals surface area contributed by atoms with Gasteiger partial charge >= 0.3 is 0 Å². The summed E-state index contributed by atoms with van der Waals surface area (Å²) in [7, 11) is 2.07. The van der Waals surface area contributed by atoms with Gasteiger partial charge in [0, 0.05) is 26.1 Å². The average Bonchev–Trinajstić information content (AvgIpc) is 3.20. The van der Waals surface area contributed by atoms with E-state index >= 15 is 0 Å². The van der Waals surface area contributed by atoms with E-state index in [1.54, 1.807) is 12.2 Å². The lowest BCUT2D eigenvalue weighted by Gasteiger charge is -2.09. The summed E-state index contributed by atoms with van der Waals surface area (Å²) in [6.45, 7) is 2.80. The molecule has 2 rings (SSSR count). The molecule has 0 aliphatic carbocycles. The molecule has 8 heteroatoms. The number of hydrogen-bond donors (Lipinski definition) is 4. The van der Waals surface area contributed by atoms with Gasteiger partial charge in [0.1, 0.15) is 11.4 Å². The Kier molecular flexibility index (Phi) is 6.76. The number of carbonyl (C=O) groups excluding carboxylic acids is 3. The van der Waals surface area contributed by atoms with Crippen molar-refractivity contribution in [2.75, 3.05) is 33.2 Å². The van der Waals surface area contributed by atoms with E-state index in [2.05, 4.69) is 27.6 Å². The van der Waals surface area contributed by atoms with Crippen LogP contribution in [0.25, 0.3) is 0 Å². The first-order valence-electron chi connectivity index (χ1n) is 8.33. The Morgan fingerprint density at radius 3 is 2.52 bits per heavy atom. The number of H-pyrrole nitrogens is 1. The van der Waals surface area contributed by atoms with E-state index in [1.165, 1.54) is 12.1 Å². The van der Waals surface area contributed by atoms with Crippen LogP contribution in [0, 0.1) is 5.92 Å². The molecule has 1 aromatic rings. The molecule has 5 N–H and O–H groups in total. The Morgan fingerprint density at radius 2 is 1.92 bits per heavy atom. The van der Waals surface area contributed by atoms with E-state index in [9.17, 15) is 14.4 Å². The van der Waals surface area contributed by atoms with Gasteiger partial charge in [0.2, 0.25) is 5.91 Å². The quantitative estimate of drug-likeness (QED) is 0.489. The van der Waals surface area contributed by atoms with E-state index in [-0.39, 0.29) is 23.2 Å². The molecule has 0 aromatic carbocycles. The zero-order chi connectivity index (χ0) is 18.2. The summed E-state index contributed by atoms with van der Waals surface area (Å²) in [5.41, 5.74) is 5.58. The van der Waals surface area contributed by atoms with Crippen LogP contribution < -0.4 is 16.4 Å². The smallest absolute Gasteiger partial charge is 0.267 e. The highest BCUT2D eigenvalue weighted by Gasteiger charge is 2.21. The van der Waals surface area contributed by atoms with Crippen molar-refractivity contribution in [3.05, 3.63) is 35.7 Å². The molecule has 1 aliphatic heterocycles. The van der Waals surface area contributed by atoms with Crippen LogP contribution in [-0.4, -0.2) is 60.8 Å². The Morgan fingerprint density at radius 1 is 1.24 bits per heavy atom. The highest BCUT2D eigenvalue weighted by Crippen LogP contribution is 2.17. The van der Waals surface area contributed by atoms with Gasteiger partial charge in [0.05, 0.1) is 0 Å². The highest BCUT2D eigenvalue weighted by molar-refractivity contribution is 5.96. The summed E-state index contributed by atoms with van der Waals surface area (Å²) in [6.07, 6.45) is 5.19. The molecule has 0 radical (unpaired) electrons. The van der Waals surface area contributed by atoms with Crippen LogP contribution in [0.2, 0.25) is 0 Å². The molecule has 0 spiro atoms. The number of amides is 3. The van der Waals surface area contributed by atoms with E-state index in [1.807, 2.05) is 0 Å². The number of aromatic amines is 1. The molecule has 1 atom stereocenters. The van der Waals surface area contributed by atoms with Crippen molar-refractivity contribution in [2.45, 2.75) is 12.8 Å². The Hall–Kier alpha value is -2.61. The topological polar surface area (TPSA) is 120 Å². The number of likely N-dealkylation sites (tertiary alicyclic amines) is 1. The van der Waals surface area contributed by atoms with E-state index in [4.69, 9.17) is 5.73 Å². The fraction of sp³-hybridized carbons (Fsp3) is 0.471. The Bertz CT molecular complexity index is 652. The summed E-state index contributed by atoms with van der Waals surface area (Å²) >= 11 is 0. The fourth-order valence-electron chi connectivity index (χ4n) is 2.78. The number of rotatable bonds is 8. The van der Waals surface area contributed by atoms with Gasteiger partial charge in [-0.2, -0.15) is 0 Å². The largest absolute Gasteiger partial charge is 0.364 e. The van der Waals surface area contributed by atoms with Crippen LogP contribution in [0.3, 0.4) is 0 Å². The van der Waals surface area contributed by atoms with E-state index in [0.717, 1.165) is 19.5 Å². The van der Waals surface area contributed by atoms with Crippen molar-refractivity contribution in [3.63, 3.8) is 0 Å².